The molecule has 1 aliphatic heterocycles. The van der Waals surface area contributed by atoms with Crippen LogP contribution < -0.4 is 15.4 Å². The molecule has 0 spiro atoms. The Morgan fingerprint density at radius 3 is 2.60 bits per heavy atom. The first-order valence-corrected chi connectivity index (χ1v) is 7.84. The van der Waals surface area contributed by atoms with Crippen molar-refractivity contribution in [1.29, 1.82) is 0 Å². The number of ether oxygens (including phenoxy) is 1. The van der Waals surface area contributed by atoms with Crippen LogP contribution in [0.4, 0.5) is 4.79 Å². The first kappa shape index (κ1) is 16.7. The largest absolute Gasteiger partial charge is 0.481 e. The maximum absolute atomic E-state index is 11.6. The van der Waals surface area contributed by atoms with E-state index < -0.39 is 33.5 Å². The zero-order chi connectivity index (χ0) is 15.4. The van der Waals surface area contributed by atoms with E-state index in [1.165, 1.54) is 6.92 Å². The van der Waals surface area contributed by atoms with E-state index in [1.807, 2.05) is 0 Å². The van der Waals surface area contributed by atoms with Crippen molar-refractivity contribution >= 4 is 22.0 Å². The van der Waals surface area contributed by atoms with Crippen molar-refractivity contribution in [2.75, 3.05) is 32.6 Å². The van der Waals surface area contributed by atoms with E-state index in [9.17, 15) is 18.0 Å². The van der Waals surface area contributed by atoms with Crippen LogP contribution in [-0.2, 0) is 19.6 Å². The second-order valence-corrected chi connectivity index (χ2v) is 6.69. The number of carboxylic acid groups (broad SMARTS) is 1. The van der Waals surface area contributed by atoms with Gasteiger partial charge in [0.05, 0.1) is 25.5 Å². The van der Waals surface area contributed by atoms with Crippen LogP contribution in [0.5, 0.6) is 0 Å². The van der Waals surface area contributed by atoms with Gasteiger partial charge in [0.25, 0.3) is 0 Å². The number of nitrogens with one attached hydrogen (secondary N) is 3. The number of rotatable bonds is 6. The van der Waals surface area contributed by atoms with Crippen molar-refractivity contribution in [3.8, 4) is 0 Å². The lowest BCUT2D eigenvalue weighted by Gasteiger charge is -2.25. The maximum Gasteiger partial charge on any atom is 0.315 e. The van der Waals surface area contributed by atoms with E-state index in [-0.39, 0.29) is 26.3 Å². The Balaban J connectivity index is 2.37. The Labute approximate surface area is 117 Å². The molecule has 4 N–H and O–H groups in total. The van der Waals surface area contributed by atoms with Gasteiger partial charge in [-0.05, 0) is 6.92 Å². The van der Waals surface area contributed by atoms with Gasteiger partial charge in [-0.2, -0.15) is 0 Å². The first-order valence-electron chi connectivity index (χ1n) is 5.95. The summed E-state index contributed by atoms with van der Waals surface area (Å²) in [6, 6.07) is -1.20. The summed E-state index contributed by atoms with van der Waals surface area (Å²) in [5.41, 5.74) is -1.16. The molecule has 10 heteroatoms. The molecule has 1 saturated heterocycles. The van der Waals surface area contributed by atoms with Crippen LogP contribution in [0.3, 0.4) is 0 Å². The Kier molecular flexibility index (Phi) is 5.31. The Morgan fingerprint density at radius 1 is 1.40 bits per heavy atom. The second kappa shape index (κ2) is 6.37. The van der Waals surface area contributed by atoms with Gasteiger partial charge in [-0.15, -0.1) is 0 Å². The summed E-state index contributed by atoms with van der Waals surface area (Å²) in [6.07, 6.45) is 1.02. The number of hydrogen-bond acceptors (Lipinski definition) is 5. The van der Waals surface area contributed by atoms with E-state index in [1.54, 1.807) is 0 Å². The third-order valence-electron chi connectivity index (χ3n) is 3.02. The van der Waals surface area contributed by atoms with Crippen LogP contribution in [0.15, 0.2) is 0 Å². The normalized spacial score (nSPS) is 26.2. The first-order chi connectivity index (χ1) is 9.15. The van der Waals surface area contributed by atoms with Crippen LogP contribution in [0.2, 0.25) is 0 Å². The molecule has 1 aliphatic rings. The predicted octanol–water partition coefficient (Wildman–Crippen LogP) is -1.68. The van der Waals surface area contributed by atoms with Gasteiger partial charge in [-0.25, -0.2) is 17.9 Å². The molecule has 0 radical (unpaired) electrons. The van der Waals surface area contributed by atoms with Gasteiger partial charge in [0.1, 0.15) is 5.41 Å². The lowest BCUT2D eigenvalue weighted by atomic mass is 9.85. The third kappa shape index (κ3) is 4.62. The van der Waals surface area contributed by atoms with Crippen molar-refractivity contribution in [1.82, 2.24) is 15.4 Å². The smallest absolute Gasteiger partial charge is 0.315 e. The van der Waals surface area contributed by atoms with E-state index >= 15 is 0 Å². The zero-order valence-electron chi connectivity index (χ0n) is 11.3. The molecule has 9 nitrogen and oxygen atoms in total. The second-order valence-electron chi connectivity index (χ2n) is 4.86. The molecule has 20 heavy (non-hydrogen) atoms. The van der Waals surface area contributed by atoms with E-state index in [2.05, 4.69) is 15.4 Å². The van der Waals surface area contributed by atoms with Crippen LogP contribution in [-0.4, -0.2) is 64.1 Å². The molecule has 0 aliphatic carbocycles. The Bertz CT molecular complexity index is 479. The number of hydrogen-bond donors (Lipinski definition) is 4. The number of carbonyl (C=O) groups is 2. The molecule has 2 atom stereocenters. The fourth-order valence-electron chi connectivity index (χ4n) is 1.71. The van der Waals surface area contributed by atoms with Crippen molar-refractivity contribution in [2.24, 2.45) is 5.41 Å². The summed E-state index contributed by atoms with van der Waals surface area (Å²) in [7, 11) is -3.29. The molecule has 0 aromatic rings. The lowest BCUT2D eigenvalue weighted by molar-refractivity contribution is -0.148. The fraction of sp³-hybridized carbons (Fsp3) is 0.800. The lowest BCUT2D eigenvalue weighted by Crippen LogP contribution is -2.53. The van der Waals surface area contributed by atoms with Gasteiger partial charge < -0.3 is 20.5 Å². The molecule has 116 valence electrons. The SMILES string of the molecule is CC1(C(=O)O)COCC1NC(=O)NCCNS(C)(=O)=O. The highest BCUT2D eigenvalue weighted by molar-refractivity contribution is 7.88. The third-order valence-corrected chi connectivity index (χ3v) is 3.75. The van der Waals surface area contributed by atoms with Gasteiger partial charge >= 0.3 is 12.0 Å². The number of amides is 2. The average Bonchev–Trinajstić information content (AvgIpc) is 2.67. The predicted molar refractivity (Wildman–Crippen MR) is 69.7 cm³/mol. The number of carbonyl (C=O) groups excluding carboxylic acids is 1. The monoisotopic (exact) mass is 309 g/mol. The number of aliphatic carboxylic acids is 1. The number of urea groups is 1. The minimum Gasteiger partial charge on any atom is -0.481 e. The van der Waals surface area contributed by atoms with Crippen molar-refractivity contribution in [3.05, 3.63) is 0 Å². The molecule has 0 aromatic heterocycles. The fourth-order valence-corrected chi connectivity index (χ4v) is 2.18. The van der Waals surface area contributed by atoms with Crippen LogP contribution in [0, 0.1) is 5.41 Å². The van der Waals surface area contributed by atoms with E-state index in [4.69, 9.17) is 9.84 Å². The Hall–Kier alpha value is -1.39. The molecule has 0 aromatic carbocycles. The van der Waals surface area contributed by atoms with Crippen molar-refractivity contribution in [3.63, 3.8) is 0 Å². The molecule has 1 fully saturated rings. The standard InChI is InChI=1S/C10H19N3O6S/c1-10(8(14)15)6-19-5-7(10)13-9(16)11-3-4-12-20(2,17)18/h7,12H,3-6H2,1-2H3,(H,14,15)(H2,11,13,16). The van der Waals surface area contributed by atoms with Crippen LogP contribution in [0.1, 0.15) is 6.92 Å². The van der Waals surface area contributed by atoms with E-state index in [0.717, 1.165) is 6.26 Å². The van der Waals surface area contributed by atoms with Gasteiger partial charge in [0.15, 0.2) is 0 Å². The number of carboxylic acids is 1. The Morgan fingerprint density at radius 2 is 2.05 bits per heavy atom. The highest BCUT2D eigenvalue weighted by Gasteiger charge is 2.47. The van der Waals surface area contributed by atoms with Crippen molar-refractivity contribution < 1.29 is 27.9 Å². The van der Waals surface area contributed by atoms with Gasteiger partial charge in [-0.1, -0.05) is 0 Å². The summed E-state index contributed by atoms with van der Waals surface area (Å²) >= 11 is 0. The quantitative estimate of drug-likeness (QED) is 0.433. The highest BCUT2D eigenvalue weighted by Crippen LogP contribution is 2.28. The molecule has 1 rings (SSSR count). The topological polar surface area (TPSA) is 134 Å². The summed E-state index contributed by atoms with van der Waals surface area (Å²) in [6.45, 7) is 1.80. The highest BCUT2D eigenvalue weighted by atomic mass is 32.2. The maximum atomic E-state index is 11.6. The molecular weight excluding hydrogens is 290 g/mol. The van der Waals surface area contributed by atoms with Crippen molar-refractivity contribution in [2.45, 2.75) is 13.0 Å². The van der Waals surface area contributed by atoms with Gasteiger partial charge in [-0.3, -0.25) is 4.79 Å². The van der Waals surface area contributed by atoms with Gasteiger partial charge in [0, 0.05) is 13.1 Å². The summed E-state index contributed by atoms with van der Waals surface area (Å²) < 4.78 is 28.9. The molecular formula is C10H19N3O6S. The molecule has 0 saturated carbocycles. The van der Waals surface area contributed by atoms with E-state index in [0.29, 0.717) is 0 Å². The van der Waals surface area contributed by atoms with Gasteiger partial charge in [0.2, 0.25) is 10.0 Å². The van der Waals surface area contributed by atoms with Crippen LogP contribution >= 0.6 is 0 Å². The molecule has 0 bridgehead atoms. The summed E-state index contributed by atoms with van der Waals surface area (Å²) in [5, 5.41) is 14.1. The minimum atomic E-state index is -3.29. The minimum absolute atomic E-state index is 0.0307. The zero-order valence-corrected chi connectivity index (χ0v) is 12.1. The number of sulfonamides is 1. The summed E-state index contributed by atoms with van der Waals surface area (Å²) in [4.78, 5) is 22.7. The molecule has 2 unspecified atom stereocenters. The summed E-state index contributed by atoms with van der Waals surface area (Å²) in [5.74, 6) is -1.04. The molecule has 1 heterocycles. The average molecular weight is 309 g/mol. The molecule has 2 amide bonds. The van der Waals surface area contributed by atoms with Crippen LogP contribution in [0.25, 0.3) is 0 Å².